The first-order valence-electron chi connectivity index (χ1n) is 11.4. The molecule has 3 saturated heterocycles. The van der Waals surface area contributed by atoms with Gasteiger partial charge in [0.05, 0.1) is 12.2 Å². The number of allylic oxidation sites excluding steroid dienone is 2. The number of aliphatic hydroxyl groups is 2. The highest BCUT2D eigenvalue weighted by molar-refractivity contribution is 5.96. The molecule has 0 aromatic heterocycles. The molecule has 8 atom stereocenters. The number of aliphatic imine (C=N–C) groups is 1. The number of ether oxygens (including phenoxy) is 2. The van der Waals surface area contributed by atoms with Gasteiger partial charge in [-0.3, -0.25) is 9.79 Å². The van der Waals surface area contributed by atoms with E-state index < -0.39 is 29.5 Å². The van der Waals surface area contributed by atoms with Crippen molar-refractivity contribution in [1.82, 2.24) is 0 Å². The Labute approximate surface area is 179 Å². The molecule has 1 spiro atoms. The third kappa shape index (κ3) is 3.52. The third-order valence-electron chi connectivity index (χ3n) is 7.74. The van der Waals surface area contributed by atoms with Crippen LogP contribution >= 0.6 is 0 Å². The molecule has 0 aromatic rings. The molecule has 3 aliphatic heterocycles. The molecule has 0 aromatic carbocycles. The maximum atomic E-state index is 13.5. The summed E-state index contributed by atoms with van der Waals surface area (Å²) in [5.41, 5.74) is 1.24. The molecule has 166 valence electrons. The summed E-state index contributed by atoms with van der Waals surface area (Å²) in [6, 6.07) is 0. The maximum absolute atomic E-state index is 13.5. The first-order valence-corrected chi connectivity index (χ1v) is 11.4. The number of rotatable bonds is 2. The zero-order valence-corrected chi connectivity index (χ0v) is 18.3. The minimum Gasteiger partial charge on any atom is -0.387 e. The van der Waals surface area contributed by atoms with Crippen molar-refractivity contribution in [3.8, 4) is 0 Å². The smallest absolute Gasteiger partial charge is 0.190 e. The minimum absolute atomic E-state index is 0.0341. The summed E-state index contributed by atoms with van der Waals surface area (Å²) in [5, 5.41) is 22.1. The Bertz CT molecular complexity index is 776. The molecule has 4 aliphatic rings. The van der Waals surface area contributed by atoms with Crippen molar-refractivity contribution < 1.29 is 24.5 Å². The second-order valence-corrected chi connectivity index (χ2v) is 9.74. The van der Waals surface area contributed by atoms with E-state index in [-0.39, 0.29) is 30.1 Å². The lowest BCUT2D eigenvalue weighted by molar-refractivity contribution is -0.268. The van der Waals surface area contributed by atoms with Gasteiger partial charge in [0.15, 0.2) is 11.6 Å². The molecule has 0 amide bonds. The number of hydrogen-bond donors (Lipinski definition) is 2. The summed E-state index contributed by atoms with van der Waals surface area (Å²) in [6.45, 7) is 10.5. The number of aliphatic hydroxyl groups excluding tert-OH is 2. The Kier molecular flexibility index (Phi) is 5.81. The topological polar surface area (TPSA) is 88.3 Å². The monoisotopic (exact) mass is 417 g/mol. The lowest BCUT2D eigenvalue weighted by Gasteiger charge is -2.50. The fourth-order valence-electron chi connectivity index (χ4n) is 5.98. The normalized spacial score (nSPS) is 48.0. The molecular weight excluding hydrogens is 382 g/mol. The van der Waals surface area contributed by atoms with Crippen LogP contribution in [0.25, 0.3) is 0 Å². The first kappa shape index (κ1) is 21.9. The summed E-state index contributed by atoms with van der Waals surface area (Å²) in [6.07, 6.45) is 4.61. The second-order valence-electron chi connectivity index (χ2n) is 9.74. The van der Waals surface area contributed by atoms with Gasteiger partial charge >= 0.3 is 0 Å². The van der Waals surface area contributed by atoms with E-state index in [1.165, 1.54) is 0 Å². The lowest BCUT2D eigenvalue weighted by Crippen LogP contribution is -2.58. The molecule has 0 radical (unpaired) electrons. The van der Waals surface area contributed by atoms with Crippen LogP contribution in [-0.2, 0) is 14.3 Å². The Hall–Kier alpha value is -1.34. The summed E-state index contributed by atoms with van der Waals surface area (Å²) < 4.78 is 12.9. The van der Waals surface area contributed by atoms with Gasteiger partial charge in [-0.2, -0.15) is 0 Å². The van der Waals surface area contributed by atoms with Crippen LogP contribution in [0.2, 0.25) is 0 Å². The van der Waals surface area contributed by atoms with Crippen molar-refractivity contribution in [3.05, 3.63) is 24.3 Å². The molecule has 3 fully saturated rings. The van der Waals surface area contributed by atoms with Gasteiger partial charge in [-0.05, 0) is 38.5 Å². The Morgan fingerprint density at radius 2 is 2.07 bits per heavy atom. The quantitative estimate of drug-likeness (QED) is 0.721. The van der Waals surface area contributed by atoms with Crippen molar-refractivity contribution in [1.29, 1.82) is 0 Å². The molecule has 4 rings (SSSR count). The van der Waals surface area contributed by atoms with Crippen LogP contribution in [0.3, 0.4) is 0 Å². The van der Waals surface area contributed by atoms with Crippen molar-refractivity contribution in [2.75, 3.05) is 6.54 Å². The fourth-order valence-corrected chi connectivity index (χ4v) is 5.98. The molecule has 2 N–H and O–H groups in total. The van der Waals surface area contributed by atoms with Crippen LogP contribution in [-0.4, -0.2) is 58.5 Å². The van der Waals surface area contributed by atoms with E-state index in [0.717, 1.165) is 30.5 Å². The first-order chi connectivity index (χ1) is 14.2. The van der Waals surface area contributed by atoms with Gasteiger partial charge in [0.2, 0.25) is 0 Å². The van der Waals surface area contributed by atoms with E-state index >= 15 is 0 Å². The minimum atomic E-state index is -1.09. The lowest BCUT2D eigenvalue weighted by atomic mass is 9.61. The van der Waals surface area contributed by atoms with E-state index in [1.54, 1.807) is 0 Å². The Morgan fingerprint density at radius 1 is 1.30 bits per heavy atom. The fraction of sp³-hybridized carbons (Fsp3) is 0.750. The van der Waals surface area contributed by atoms with Gasteiger partial charge in [-0.25, -0.2) is 0 Å². The van der Waals surface area contributed by atoms with Crippen LogP contribution in [0.4, 0.5) is 0 Å². The SMILES string of the molecule is C=CC1=C[C@@H]2[C@@H]3O[C@]4(CC[C@H](O4)[C@@H](C)C[C@@H](O)C3=O)C[C@H](O)C(=NCC)[C@@]2(C)CC1. The largest absolute Gasteiger partial charge is 0.387 e. The summed E-state index contributed by atoms with van der Waals surface area (Å²) in [4.78, 5) is 18.2. The molecule has 0 unspecified atom stereocenters. The molecule has 6 heteroatoms. The van der Waals surface area contributed by atoms with Crippen LogP contribution < -0.4 is 0 Å². The number of carbonyl (C=O) groups is 1. The third-order valence-corrected chi connectivity index (χ3v) is 7.74. The molecule has 30 heavy (non-hydrogen) atoms. The zero-order valence-electron chi connectivity index (χ0n) is 18.3. The number of nitrogens with zero attached hydrogens (tertiary/aromatic N) is 1. The van der Waals surface area contributed by atoms with Crippen LogP contribution in [0.5, 0.6) is 0 Å². The molecule has 3 heterocycles. The summed E-state index contributed by atoms with van der Waals surface area (Å²) in [5.74, 6) is -1.64. The van der Waals surface area contributed by atoms with E-state index in [1.807, 2.05) is 19.9 Å². The van der Waals surface area contributed by atoms with Crippen molar-refractivity contribution >= 4 is 11.5 Å². The van der Waals surface area contributed by atoms with Crippen molar-refractivity contribution in [3.63, 3.8) is 0 Å². The van der Waals surface area contributed by atoms with Crippen LogP contribution in [0.15, 0.2) is 29.3 Å². The number of Topliss-reactive ketones (excluding diaryl/α,β-unsaturated/α-hetero) is 1. The average Bonchev–Trinajstić information content (AvgIpc) is 3.13. The van der Waals surface area contributed by atoms with Gasteiger partial charge in [0.1, 0.15) is 12.2 Å². The number of carbonyl (C=O) groups excluding carboxylic acids is 1. The predicted molar refractivity (Wildman–Crippen MR) is 114 cm³/mol. The van der Waals surface area contributed by atoms with Gasteiger partial charge in [0.25, 0.3) is 0 Å². The standard InChI is InChI=1S/C24H35NO5/c1-5-15-7-9-23(4)16(12-15)21-20(28)17(26)11-14(3)19-8-10-24(29-19,30-21)13-18(27)22(23)25-6-2/h5,12,14,16-19,21,26-27H,1,6-11,13H2,2-4H3/t14-,16+,17+,18-,19-,21-,23-,24+/m0/s1. The maximum Gasteiger partial charge on any atom is 0.190 e. The predicted octanol–water partition coefficient (Wildman–Crippen LogP) is 2.97. The van der Waals surface area contributed by atoms with E-state index in [0.29, 0.717) is 19.4 Å². The van der Waals surface area contributed by atoms with Gasteiger partial charge in [0, 0.05) is 36.4 Å². The second kappa shape index (κ2) is 7.97. The van der Waals surface area contributed by atoms with Gasteiger partial charge in [-0.1, -0.05) is 38.2 Å². The molecule has 0 saturated carbocycles. The number of fused-ring (bicyclic) bond motifs is 4. The van der Waals surface area contributed by atoms with Gasteiger partial charge < -0.3 is 19.7 Å². The highest BCUT2D eigenvalue weighted by Gasteiger charge is 2.57. The van der Waals surface area contributed by atoms with E-state index in [9.17, 15) is 15.0 Å². The van der Waals surface area contributed by atoms with Crippen LogP contribution in [0, 0.1) is 17.3 Å². The zero-order chi connectivity index (χ0) is 21.7. The summed E-state index contributed by atoms with van der Waals surface area (Å²) in [7, 11) is 0. The van der Waals surface area contributed by atoms with Crippen LogP contribution in [0.1, 0.15) is 59.3 Å². The molecule has 3 bridgehead atoms. The van der Waals surface area contributed by atoms with Crippen molar-refractivity contribution in [2.45, 2.75) is 89.5 Å². The highest BCUT2D eigenvalue weighted by atomic mass is 16.7. The number of hydrogen-bond acceptors (Lipinski definition) is 6. The Balaban J connectivity index is 1.89. The van der Waals surface area contributed by atoms with Gasteiger partial charge in [-0.15, -0.1) is 0 Å². The van der Waals surface area contributed by atoms with Crippen molar-refractivity contribution in [2.24, 2.45) is 22.2 Å². The molecular formula is C24H35NO5. The molecule has 6 nitrogen and oxygen atoms in total. The molecule has 1 aliphatic carbocycles. The average molecular weight is 418 g/mol. The number of ketones is 1. The van der Waals surface area contributed by atoms with E-state index in [2.05, 4.69) is 19.6 Å². The van der Waals surface area contributed by atoms with E-state index in [4.69, 9.17) is 14.5 Å². The Morgan fingerprint density at radius 3 is 2.77 bits per heavy atom. The highest BCUT2D eigenvalue weighted by Crippen LogP contribution is 2.51. The summed E-state index contributed by atoms with van der Waals surface area (Å²) >= 11 is 0.